The summed E-state index contributed by atoms with van der Waals surface area (Å²) in [7, 11) is 0. The van der Waals surface area contributed by atoms with Gasteiger partial charge in [0.1, 0.15) is 0 Å². The van der Waals surface area contributed by atoms with Crippen LogP contribution in [0.2, 0.25) is 0 Å². The summed E-state index contributed by atoms with van der Waals surface area (Å²) in [6.45, 7) is 2.98. The number of thiocarbonyl (C=S) groups is 1. The maximum absolute atomic E-state index is 5.08. The zero-order valence-corrected chi connectivity index (χ0v) is 14.5. The Morgan fingerprint density at radius 2 is 1.47 bits per heavy atom. The van der Waals surface area contributed by atoms with Crippen molar-refractivity contribution in [2.24, 2.45) is 0 Å². The Morgan fingerprint density at radius 1 is 1.00 bits per heavy atom. The minimum atomic E-state index is 0. The molecule has 0 bridgehead atoms. The van der Waals surface area contributed by atoms with Gasteiger partial charge in [0, 0.05) is 19.5 Å². The fourth-order valence-corrected chi connectivity index (χ4v) is 1.57. The third-order valence-electron chi connectivity index (χ3n) is 2.22. The van der Waals surface area contributed by atoms with Crippen molar-refractivity contribution in [3.8, 4) is 0 Å². The van der Waals surface area contributed by atoms with E-state index in [2.05, 4.69) is 31.8 Å². The molecular weight excluding hydrogens is 278 g/mol. The van der Waals surface area contributed by atoms with E-state index >= 15 is 0 Å². The molecule has 0 aliphatic carbocycles. The molecule has 0 atom stereocenters. The van der Waals surface area contributed by atoms with Crippen molar-refractivity contribution in [3.63, 3.8) is 0 Å². The van der Waals surface area contributed by atoms with Crippen LogP contribution < -0.4 is 0 Å². The van der Waals surface area contributed by atoms with E-state index in [0.29, 0.717) is 4.38 Å². The van der Waals surface area contributed by atoms with Crippen LogP contribution in [-0.4, -0.2) is 11.0 Å². The van der Waals surface area contributed by atoms with Gasteiger partial charge < -0.3 is 4.74 Å². The van der Waals surface area contributed by atoms with Crippen LogP contribution >= 0.6 is 24.8 Å². The Morgan fingerprint density at radius 3 is 1.93 bits per heavy atom. The first-order valence-electron chi connectivity index (χ1n) is 5.63. The Labute approximate surface area is 118 Å². The first kappa shape index (κ1) is 18.2. The standard InChI is InChI=1S/C11H22OS2.Zn/c1-2-3-4-5-6-7-8-9-10-12-11(13)14;/h2-10H2,1H3,(H,13,14);. The van der Waals surface area contributed by atoms with Gasteiger partial charge in [0.25, 0.3) is 0 Å². The van der Waals surface area contributed by atoms with E-state index in [4.69, 9.17) is 4.74 Å². The van der Waals surface area contributed by atoms with Crippen LogP contribution in [0.1, 0.15) is 58.3 Å². The van der Waals surface area contributed by atoms with Crippen molar-refractivity contribution in [1.82, 2.24) is 0 Å². The zero-order chi connectivity index (χ0) is 10.6. The molecule has 0 aliphatic heterocycles. The summed E-state index contributed by atoms with van der Waals surface area (Å²) in [5, 5.41) is 0. The topological polar surface area (TPSA) is 9.23 Å². The van der Waals surface area contributed by atoms with Gasteiger partial charge in [-0.25, -0.2) is 0 Å². The average molecular weight is 300 g/mol. The molecule has 86 valence electrons. The van der Waals surface area contributed by atoms with Gasteiger partial charge in [0.2, 0.25) is 4.38 Å². The quantitative estimate of drug-likeness (QED) is 0.293. The molecular formula is C11H22OS2Zn. The number of ether oxygens (including phenoxy) is 1. The van der Waals surface area contributed by atoms with Gasteiger partial charge in [0.15, 0.2) is 0 Å². The molecule has 0 spiro atoms. The Kier molecular flexibility index (Phi) is 18.1. The van der Waals surface area contributed by atoms with E-state index in [-0.39, 0.29) is 19.5 Å². The van der Waals surface area contributed by atoms with E-state index in [1.165, 1.54) is 44.9 Å². The van der Waals surface area contributed by atoms with Gasteiger partial charge in [0.05, 0.1) is 6.61 Å². The van der Waals surface area contributed by atoms with Crippen LogP contribution in [0, 0.1) is 0 Å². The molecule has 0 amide bonds. The van der Waals surface area contributed by atoms with Crippen LogP contribution in [0.3, 0.4) is 0 Å². The number of hydrogen-bond acceptors (Lipinski definition) is 2. The van der Waals surface area contributed by atoms with E-state index in [0.717, 1.165) is 13.0 Å². The smallest absolute Gasteiger partial charge is 0.216 e. The number of rotatable bonds is 9. The maximum Gasteiger partial charge on any atom is 0.216 e. The summed E-state index contributed by atoms with van der Waals surface area (Å²) in [5.74, 6) is 0. The Bertz CT molecular complexity index is 143. The number of hydrogen-bond donors (Lipinski definition) is 1. The second kappa shape index (κ2) is 14.9. The second-order valence-corrected chi connectivity index (χ2v) is 4.67. The van der Waals surface area contributed by atoms with Crippen molar-refractivity contribution in [3.05, 3.63) is 0 Å². The summed E-state index contributed by atoms with van der Waals surface area (Å²) < 4.78 is 5.45. The Balaban J connectivity index is 0. The van der Waals surface area contributed by atoms with Gasteiger partial charge in [-0.15, -0.1) is 0 Å². The molecule has 0 saturated carbocycles. The van der Waals surface area contributed by atoms with Crippen LogP contribution in [0.25, 0.3) is 0 Å². The molecule has 1 nitrogen and oxygen atoms in total. The summed E-state index contributed by atoms with van der Waals surface area (Å²) in [6.07, 6.45) is 10.5. The van der Waals surface area contributed by atoms with Crippen LogP contribution in [0.15, 0.2) is 0 Å². The van der Waals surface area contributed by atoms with Crippen LogP contribution in [-0.2, 0) is 24.2 Å². The summed E-state index contributed by atoms with van der Waals surface area (Å²) in [4.78, 5) is 0. The molecule has 0 N–H and O–H groups in total. The predicted octanol–water partition coefficient (Wildman–Crippen LogP) is 4.36. The fraction of sp³-hybridized carbons (Fsp3) is 0.909. The molecule has 0 aromatic carbocycles. The first-order valence-corrected chi connectivity index (χ1v) is 6.48. The zero-order valence-electron chi connectivity index (χ0n) is 9.83. The minimum absolute atomic E-state index is 0. The first-order chi connectivity index (χ1) is 6.77. The third kappa shape index (κ3) is 17.5. The summed E-state index contributed by atoms with van der Waals surface area (Å²) in [6, 6.07) is 0. The van der Waals surface area contributed by atoms with Gasteiger partial charge in [-0.3, -0.25) is 0 Å². The SMILES string of the molecule is CCCCCCCCCCOC(=S)S.[Zn]. The van der Waals surface area contributed by atoms with Crippen LogP contribution in [0.5, 0.6) is 0 Å². The monoisotopic (exact) mass is 298 g/mol. The summed E-state index contributed by atoms with van der Waals surface area (Å²) in [5.41, 5.74) is 0. The fourth-order valence-electron chi connectivity index (χ4n) is 1.40. The molecule has 0 aliphatic rings. The molecule has 15 heavy (non-hydrogen) atoms. The molecule has 0 fully saturated rings. The molecule has 0 unspecified atom stereocenters. The number of thiol groups is 1. The van der Waals surface area contributed by atoms with Crippen molar-refractivity contribution in [2.45, 2.75) is 58.3 Å². The molecule has 0 heterocycles. The largest absolute Gasteiger partial charge is 0.479 e. The second-order valence-electron chi connectivity index (χ2n) is 3.59. The van der Waals surface area contributed by atoms with Gasteiger partial charge in [-0.05, 0) is 18.6 Å². The molecule has 0 rings (SSSR count). The van der Waals surface area contributed by atoms with Crippen molar-refractivity contribution < 1.29 is 24.2 Å². The Hall–Kier alpha value is 0.863. The van der Waals surface area contributed by atoms with E-state index in [1.54, 1.807) is 0 Å². The van der Waals surface area contributed by atoms with E-state index in [1.807, 2.05) is 0 Å². The molecule has 0 saturated heterocycles. The van der Waals surface area contributed by atoms with Gasteiger partial charge in [-0.1, -0.05) is 64.5 Å². The maximum atomic E-state index is 5.08. The molecule has 4 heteroatoms. The summed E-state index contributed by atoms with van der Waals surface area (Å²) >= 11 is 8.58. The minimum Gasteiger partial charge on any atom is -0.479 e. The number of unbranched alkanes of at least 4 members (excludes halogenated alkanes) is 7. The average Bonchev–Trinajstić information content (AvgIpc) is 2.15. The van der Waals surface area contributed by atoms with Crippen LogP contribution in [0.4, 0.5) is 0 Å². The van der Waals surface area contributed by atoms with Gasteiger partial charge >= 0.3 is 0 Å². The predicted molar refractivity (Wildman–Crippen MR) is 70.1 cm³/mol. The third-order valence-corrected chi connectivity index (χ3v) is 2.47. The van der Waals surface area contributed by atoms with Crippen molar-refractivity contribution >= 4 is 29.2 Å². The van der Waals surface area contributed by atoms with E-state index < -0.39 is 0 Å². The molecule has 0 aromatic rings. The normalized spacial score (nSPS) is 9.47. The van der Waals surface area contributed by atoms with Crippen molar-refractivity contribution in [2.75, 3.05) is 6.61 Å². The molecule has 0 radical (unpaired) electrons. The van der Waals surface area contributed by atoms with Crippen molar-refractivity contribution in [1.29, 1.82) is 0 Å². The molecule has 0 aromatic heterocycles. The van der Waals surface area contributed by atoms with Gasteiger partial charge in [-0.2, -0.15) is 0 Å². The van der Waals surface area contributed by atoms with E-state index in [9.17, 15) is 0 Å².